The monoisotopic (exact) mass is 354 g/mol. The summed E-state index contributed by atoms with van der Waals surface area (Å²) in [6.07, 6.45) is 3.38. The molecule has 0 saturated heterocycles. The summed E-state index contributed by atoms with van der Waals surface area (Å²) in [5.41, 5.74) is 1.61. The first-order valence-corrected chi connectivity index (χ1v) is 8.25. The molecule has 0 saturated carbocycles. The molecule has 132 valence electrons. The van der Waals surface area contributed by atoms with Gasteiger partial charge in [-0.25, -0.2) is 13.8 Å². The van der Waals surface area contributed by atoms with Crippen LogP contribution in [0.5, 0.6) is 0 Å². The lowest BCUT2D eigenvalue weighted by Gasteiger charge is -2.13. The molecule has 0 atom stereocenters. The van der Waals surface area contributed by atoms with Crippen molar-refractivity contribution in [1.29, 1.82) is 0 Å². The Hall–Kier alpha value is -3.09. The van der Waals surface area contributed by atoms with E-state index in [0.717, 1.165) is 22.9 Å². The molecular formula is C19H16F2N4O. The quantitative estimate of drug-likeness (QED) is 0.610. The van der Waals surface area contributed by atoms with E-state index in [4.69, 9.17) is 0 Å². The first kappa shape index (κ1) is 16.4. The Labute approximate surface area is 147 Å². The predicted molar refractivity (Wildman–Crippen MR) is 95.2 cm³/mol. The van der Waals surface area contributed by atoms with E-state index in [-0.39, 0.29) is 11.4 Å². The molecule has 0 aliphatic heterocycles. The molecule has 0 radical (unpaired) electrons. The van der Waals surface area contributed by atoms with E-state index >= 15 is 0 Å². The Morgan fingerprint density at radius 1 is 1.23 bits per heavy atom. The van der Waals surface area contributed by atoms with Crippen LogP contribution in [0.25, 0.3) is 21.9 Å². The minimum absolute atomic E-state index is 0.124. The molecule has 3 aromatic heterocycles. The van der Waals surface area contributed by atoms with Gasteiger partial charge in [-0.2, -0.15) is 0 Å². The molecule has 4 rings (SSSR count). The zero-order valence-corrected chi connectivity index (χ0v) is 14.3. The average molecular weight is 354 g/mol. The molecule has 3 heterocycles. The number of nitrogens with zero attached hydrogens (tertiary/aromatic N) is 3. The summed E-state index contributed by atoms with van der Waals surface area (Å²) in [7, 11) is 0. The van der Waals surface area contributed by atoms with Gasteiger partial charge in [0.15, 0.2) is 11.6 Å². The third-order valence-electron chi connectivity index (χ3n) is 4.42. The first-order chi connectivity index (χ1) is 12.5. The fraction of sp³-hybridized carbons (Fsp3) is 0.211. The highest BCUT2D eigenvalue weighted by atomic mass is 19.2. The van der Waals surface area contributed by atoms with Gasteiger partial charge in [-0.05, 0) is 23.8 Å². The Kier molecular flexibility index (Phi) is 3.79. The van der Waals surface area contributed by atoms with Crippen molar-refractivity contribution in [3.8, 4) is 0 Å². The summed E-state index contributed by atoms with van der Waals surface area (Å²) < 4.78 is 29.6. The highest BCUT2D eigenvalue weighted by molar-refractivity contribution is 5.83. The number of imidazole rings is 1. The van der Waals surface area contributed by atoms with Crippen molar-refractivity contribution in [3.05, 3.63) is 70.0 Å². The summed E-state index contributed by atoms with van der Waals surface area (Å²) in [6, 6.07) is 5.77. The van der Waals surface area contributed by atoms with Crippen LogP contribution in [0.4, 0.5) is 8.78 Å². The van der Waals surface area contributed by atoms with E-state index in [1.807, 2.05) is 24.5 Å². The maximum Gasteiger partial charge on any atom is 0.248 e. The van der Waals surface area contributed by atoms with Gasteiger partial charge in [0.2, 0.25) is 5.56 Å². The van der Waals surface area contributed by atoms with Crippen molar-refractivity contribution < 1.29 is 8.78 Å². The second-order valence-electron chi connectivity index (χ2n) is 6.52. The van der Waals surface area contributed by atoms with Crippen LogP contribution in [0.15, 0.2) is 41.5 Å². The van der Waals surface area contributed by atoms with Gasteiger partial charge in [0.05, 0.1) is 29.3 Å². The summed E-state index contributed by atoms with van der Waals surface area (Å²) in [5, 5.41) is 0.462. The molecular weight excluding hydrogens is 338 g/mol. The van der Waals surface area contributed by atoms with Crippen LogP contribution in [-0.4, -0.2) is 19.5 Å². The molecule has 5 nitrogen and oxygen atoms in total. The van der Waals surface area contributed by atoms with Crippen LogP contribution < -0.4 is 5.56 Å². The van der Waals surface area contributed by atoms with Gasteiger partial charge in [-0.1, -0.05) is 13.8 Å². The van der Waals surface area contributed by atoms with Crippen molar-refractivity contribution in [3.63, 3.8) is 0 Å². The van der Waals surface area contributed by atoms with Gasteiger partial charge in [0.1, 0.15) is 5.82 Å². The highest BCUT2D eigenvalue weighted by Gasteiger charge is 2.17. The summed E-state index contributed by atoms with van der Waals surface area (Å²) in [4.78, 5) is 23.2. The average Bonchev–Trinajstić information content (AvgIpc) is 2.97. The normalized spacial score (nSPS) is 11.7. The molecule has 0 fully saturated rings. The number of rotatable bonds is 3. The molecule has 0 aliphatic rings. The summed E-state index contributed by atoms with van der Waals surface area (Å²) >= 11 is 0. The highest BCUT2D eigenvalue weighted by Crippen LogP contribution is 2.25. The minimum atomic E-state index is -1.05. The van der Waals surface area contributed by atoms with Gasteiger partial charge in [0.25, 0.3) is 0 Å². The largest absolute Gasteiger partial charge is 0.322 e. The number of benzene rings is 1. The maximum atomic E-state index is 14.1. The number of aromatic nitrogens is 4. The van der Waals surface area contributed by atoms with Crippen LogP contribution in [0.1, 0.15) is 31.2 Å². The molecule has 1 aromatic carbocycles. The smallest absolute Gasteiger partial charge is 0.248 e. The third-order valence-corrected chi connectivity index (χ3v) is 4.42. The number of nitrogens with one attached hydrogen (secondary N) is 1. The molecule has 26 heavy (non-hydrogen) atoms. The van der Waals surface area contributed by atoms with Gasteiger partial charge in [-0.3, -0.25) is 9.78 Å². The Balaban J connectivity index is 1.96. The van der Waals surface area contributed by atoms with Crippen molar-refractivity contribution >= 4 is 21.9 Å². The summed E-state index contributed by atoms with van der Waals surface area (Å²) in [5.74, 6) is -1.07. The molecule has 0 bridgehead atoms. The van der Waals surface area contributed by atoms with Crippen LogP contribution in [0, 0.1) is 11.6 Å². The van der Waals surface area contributed by atoms with Crippen LogP contribution >= 0.6 is 0 Å². The SMILES string of the molecule is CC(C)c1nc2ccncc2n1Cc1cc(=O)[nH]c2c(F)c(F)ccc12. The topological polar surface area (TPSA) is 63.6 Å². The van der Waals surface area contributed by atoms with Crippen molar-refractivity contribution in [2.75, 3.05) is 0 Å². The number of pyridine rings is 2. The van der Waals surface area contributed by atoms with Gasteiger partial charge in [-0.15, -0.1) is 0 Å². The Morgan fingerprint density at radius 2 is 2.04 bits per heavy atom. The van der Waals surface area contributed by atoms with E-state index in [9.17, 15) is 13.6 Å². The standard InChI is InChI=1S/C19H16F2N4O/c1-10(2)19-23-14-5-6-22-8-15(14)25(19)9-11-7-16(26)24-18-12(11)3-4-13(20)17(18)21/h3-8,10H,9H2,1-2H3,(H,24,26). The van der Waals surface area contributed by atoms with E-state index in [0.29, 0.717) is 17.5 Å². The zero-order chi connectivity index (χ0) is 18.4. The fourth-order valence-corrected chi connectivity index (χ4v) is 3.23. The minimum Gasteiger partial charge on any atom is -0.322 e. The summed E-state index contributed by atoms with van der Waals surface area (Å²) in [6.45, 7) is 4.35. The Bertz CT molecular complexity index is 1190. The molecule has 1 N–H and O–H groups in total. The van der Waals surface area contributed by atoms with Crippen LogP contribution in [0.3, 0.4) is 0 Å². The van der Waals surface area contributed by atoms with E-state index in [2.05, 4.69) is 15.0 Å². The number of H-pyrrole nitrogens is 1. The molecule has 0 spiro atoms. The first-order valence-electron chi connectivity index (χ1n) is 8.25. The molecule has 0 amide bonds. The van der Waals surface area contributed by atoms with Crippen molar-refractivity contribution in [1.82, 2.24) is 19.5 Å². The lowest BCUT2D eigenvalue weighted by Crippen LogP contribution is -2.13. The van der Waals surface area contributed by atoms with Crippen molar-refractivity contribution in [2.24, 2.45) is 0 Å². The number of hydrogen-bond acceptors (Lipinski definition) is 3. The van der Waals surface area contributed by atoms with E-state index in [1.54, 1.807) is 12.4 Å². The van der Waals surface area contributed by atoms with Gasteiger partial charge < -0.3 is 9.55 Å². The van der Waals surface area contributed by atoms with Crippen LogP contribution in [-0.2, 0) is 6.54 Å². The number of halogens is 2. The van der Waals surface area contributed by atoms with E-state index in [1.165, 1.54) is 12.1 Å². The number of hydrogen-bond donors (Lipinski definition) is 1. The van der Waals surface area contributed by atoms with Crippen LogP contribution in [0.2, 0.25) is 0 Å². The molecule has 7 heteroatoms. The van der Waals surface area contributed by atoms with Gasteiger partial charge in [0, 0.05) is 23.6 Å². The van der Waals surface area contributed by atoms with Gasteiger partial charge >= 0.3 is 0 Å². The molecule has 4 aromatic rings. The number of aromatic amines is 1. The maximum absolute atomic E-state index is 14.1. The lowest BCUT2D eigenvalue weighted by atomic mass is 10.1. The zero-order valence-electron chi connectivity index (χ0n) is 14.3. The molecule has 0 unspecified atom stereocenters. The third kappa shape index (κ3) is 2.56. The van der Waals surface area contributed by atoms with Crippen molar-refractivity contribution in [2.45, 2.75) is 26.3 Å². The van der Waals surface area contributed by atoms with E-state index < -0.39 is 17.2 Å². The molecule has 0 aliphatic carbocycles. The lowest BCUT2D eigenvalue weighted by molar-refractivity contribution is 0.515. The Morgan fingerprint density at radius 3 is 2.81 bits per heavy atom. The second-order valence-corrected chi connectivity index (χ2v) is 6.52. The predicted octanol–water partition coefficient (Wildman–Crippen LogP) is 3.72. The second kappa shape index (κ2) is 6.01. The fourth-order valence-electron chi connectivity index (χ4n) is 3.23. The number of fused-ring (bicyclic) bond motifs is 2.